The maximum Gasteiger partial charge on any atom is 0.0541 e. The average Bonchev–Trinajstić information content (AvgIpc) is 2.35. The first-order chi connectivity index (χ1) is 8.25. The van der Waals surface area contributed by atoms with Crippen LogP contribution < -0.4 is 5.32 Å². The van der Waals surface area contributed by atoms with Gasteiger partial charge in [0.1, 0.15) is 0 Å². The van der Waals surface area contributed by atoms with Crippen LogP contribution in [0.2, 0.25) is 0 Å². The minimum Gasteiger partial charge on any atom is -0.307 e. The largest absolute Gasteiger partial charge is 0.307 e. The Labute approximate surface area is 103 Å². The third-order valence-corrected chi connectivity index (χ3v) is 2.85. The molecule has 0 atom stereocenters. The molecular formula is C15H18N2. The van der Waals surface area contributed by atoms with Crippen LogP contribution in [0.15, 0.2) is 42.6 Å². The number of pyridine rings is 1. The monoisotopic (exact) mass is 226 g/mol. The minimum atomic E-state index is 0.814. The Morgan fingerprint density at radius 3 is 2.71 bits per heavy atom. The molecule has 0 unspecified atom stereocenters. The molecule has 0 aliphatic rings. The number of rotatable bonds is 4. The van der Waals surface area contributed by atoms with Crippen LogP contribution >= 0.6 is 0 Å². The van der Waals surface area contributed by atoms with E-state index in [-0.39, 0.29) is 0 Å². The number of nitrogens with one attached hydrogen (secondary N) is 1. The van der Waals surface area contributed by atoms with E-state index in [1.54, 1.807) is 0 Å². The van der Waals surface area contributed by atoms with Gasteiger partial charge in [-0.1, -0.05) is 29.8 Å². The Morgan fingerprint density at radius 2 is 1.94 bits per heavy atom. The SMILES string of the molecule is Cc1ccc(C)c(CNCc2ccccn2)c1. The van der Waals surface area contributed by atoms with Gasteiger partial charge in [0.05, 0.1) is 5.69 Å². The lowest BCUT2D eigenvalue weighted by Gasteiger charge is -2.08. The fraction of sp³-hybridized carbons (Fsp3) is 0.267. The first kappa shape index (κ1) is 11.8. The summed E-state index contributed by atoms with van der Waals surface area (Å²) in [5, 5.41) is 3.42. The minimum absolute atomic E-state index is 0.814. The van der Waals surface area contributed by atoms with E-state index in [2.05, 4.69) is 42.3 Å². The molecule has 2 rings (SSSR count). The number of nitrogens with zero attached hydrogens (tertiary/aromatic N) is 1. The molecule has 0 aliphatic heterocycles. The molecule has 0 amide bonds. The molecule has 0 bridgehead atoms. The van der Waals surface area contributed by atoms with Crippen LogP contribution in [-0.4, -0.2) is 4.98 Å². The van der Waals surface area contributed by atoms with E-state index in [1.165, 1.54) is 16.7 Å². The topological polar surface area (TPSA) is 24.9 Å². The number of benzene rings is 1. The van der Waals surface area contributed by atoms with Crippen molar-refractivity contribution in [1.82, 2.24) is 10.3 Å². The Bertz CT molecular complexity index is 478. The third kappa shape index (κ3) is 3.40. The number of aryl methyl sites for hydroxylation is 2. The summed E-state index contributed by atoms with van der Waals surface area (Å²) in [4.78, 5) is 4.29. The van der Waals surface area contributed by atoms with E-state index in [1.807, 2.05) is 24.4 Å². The van der Waals surface area contributed by atoms with E-state index in [9.17, 15) is 0 Å². The molecule has 1 heterocycles. The molecule has 0 fully saturated rings. The molecule has 2 heteroatoms. The van der Waals surface area contributed by atoms with Crippen molar-refractivity contribution in [2.75, 3.05) is 0 Å². The molecule has 17 heavy (non-hydrogen) atoms. The van der Waals surface area contributed by atoms with Gasteiger partial charge in [-0.2, -0.15) is 0 Å². The van der Waals surface area contributed by atoms with E-state index in [4.69, 9.17) is 0 Å². The normalized spacial score (nSPS) is 10.5. The highest BCUT2D eigenvalue weighted by molar-refractivity contribution is 5.30. The highest BCUT2D eigenvalue weighted by Gasteiger charge is 1.99. The maximum absolute atomic E-state index is 4.29. The summed E-state index contributed by atoms with van der Waals surface area (Å²) in [7, 11) is 0. The smallest absolute Gasteiger partial charge is 0.0541 e. The Kier molecular flexibility index (Phi) is 3.89. The van der Waals surface area contributed by atoms with Crippen LogP contribution in [0.5, 0.6) is 0 Å². The third-order valence-electron chi connectivity index (χ3n) is 2.85. The molecule has 0 aliphatic carbocycles. The first-order valence-corrected chi connectivity index (χ1v) is 5.92. The molecule has 0 saturated carbocycles. The summed E-state index contributed by atoms with van der Waals surface area (Å²) >= 11 is 0. The first-order valence-electron chi connectivity index (χ1n) is 5.92. The highest BCUT2D eigenvalue weighted by Crippen LogP contribution is 2.10. The predicted molar refractivity (Wildman–Crippen MR) is 70.7 cm³/mol. The summed E-state index contributed by atoms with van der Waals surface area (Å²) in [6.45, 7) is 5.98. The van der Waals surface area contributed by atoms with Gasteiger partial charge in [0.25, 0.3) is 0 Å². The zero-order chi connectivity index (χ0) is 12.1. The van der Waals surface area contributed by atoms with E-state index < -0.39 is 0 Å². The van der Waals surface area contributed by atoms with E-state index in [0.717, 1.165) is 18.8 Å². The molecule has 0 saturated heterocycles. The summed E-state index contributed by atoms with van der Waals surface area (Å²) in [5.74, 6) is 0. The fourth-order valence-electron chi connectivity index (χ4n) is 1.82. The number of hydrogen-bond acceptors (Lipinski definition) is 2. The molecule has 2 nitrogen and oxygen atoms in total. The number of aromatic nitrogens is 1. The molecule has 2 aromatic rings. The second-order valence-corrected chi connectivity index (χ2v) is 4.35. The van der Waals surface area contributed by atoms with Gasteiger partial charge in [-0.05, 0) is 37.1 Å². The van der Waals surface area contributed by atoms with Crippen molar-refractivity contribution in [3.8, 4) is 0 Å². The van der Waals surface area contributed by atoms with Crippen molar-refractivity contribution >= 4 is 0 Å². The zero-order valence-corrected chi connectivity index (χ0v) is 10.4. The van der Waals surface area contributed by atoms with Gasteiger partial charge in [0.2, 0.25) is 0 Å². The second kappa shape index (κ2) is 5.60. The summed E-state index contributed by atoms with van der Waals surface area (Å²) in [6.07, 6.45) is 1.83. The average molecular weight is 226 g/mol. The van der Waals surface area contributed by atoms with Crippen molar-refractivity contribution in [2.24, 2.45) is 0 Å². The van der Waals surface area contributed by atoms with Gasteiger partial charge in [-0.3, -0.25) is 4.98 Å². The van der Waals surface area contributed by atoms with Crippen molar-refractivity contribution in [2.45, 2.75) is 26.9 Å². The van der Waals surface area contributed by atoms with Crippen molar-refractivity contribution in [1.29, 1.82) is 0 Å². The van der Waals surface area contributed by atoms with Gasteiger partial charge < -0.3 is 5.32 Å². The molecule has 88 valence electrons. The van der Waals surface area contributed by atoms with Gasteiger partial charge >= 0.3 is 0 Å². The van der Waals surface area contributed by atoms with E-state index in [0.29, 0.717) is 0 Å². The van der Waals surface area contributed by atoms with Gasteiger partial charge in [-0.15, -0.1) is 0 Å². The lowest BCUT2D eigenvalue weighted by molar-refractivity contribution is 0.677. The molecular weight excluding hydrogens is 208 g/mol. The van der Waals surface area contributed by atoms with Crippen molar-refractivity contribution < 1.29 is 0 Å². The molecule has 1 aromatic heterocycles. The fourth-order valence-corrected chi connectivity index (χ4v) is 1.82. The van der Waals surface area contributed by atoms with Gasteiger partial charge in [-0.25, -0.2) is 0 Å². The van der Waals surface area contributed by atoms with Crippen molar-refractivity contribution in [3.05, 3.63) is 65.0 Å². The molecule has 1 aromatic carbocycles. The Balaban J connectivity index is 1.92. The summed E-state index contributed by atoms with van der Waals surface area (Å²) < 4.78 is 0. The van der Waals surface area contributed by atoms with Crippen LogP contribution in [0.3, 0.4) is 0 Å². The molecule has 0 spiro atoms. The molecule has 1 N–H and O–H groups in total. The van der Waals surface area contributed by atoms with Crippen LogP contribution in [0.1, 0.15) is 22.4 Å². The predicted octanol–water partition coefficient (Wildman–Crippen LogP) is 2.99. The van der Waals surface area contributed by atoms with Crippen LogP contribution in [0, 0.1) is 13.8 Å². The lowest BCUT2D eigenvalue weighted by atomic mass is 10.1. The highest BCUT2D eigenvalue weighted by atomic mass is 14.9. The number of hydrogen-bond donors (Lipinski definition) is 1. The summed E-state index contributed by atoms with van der Waals surface area (Å²) in [6, 6.07) is 12.6. The maximum atomic E-state index is 4.29. The zero-order valence-electron chi connectivity index (χ0n) is 10.4. The van der Waals surface area contributed by atoms with Crippen molar-refractivity contribution in [3.63, 3.8) is 0 Å². The summed E-state index contributed by atoms with van der Waals surface area (Å²) in [5.41, 5.74) is 5.09. The van der Waals surface area contributed by atoms with Gasteiger partial charge in [0.15, 0.2) is 0 Å². The standard InChI is InChI=1S/C15H18N2/c1-12-6-7-13(2)14(9-12)10-16-11-15-5-3-4-8-17-15/h3-9,16H,10-11H2,1-2H3. The van der Waals surface area contributed by atoms with Crippen LogP contribution in [0.25, 0.3) is 0 Å². The van der Waals surface area contributed by atoms with E-state index >= 15 is 0 Å². The Hall–Kier alpha value is -1.67. The Morgan fingerprint density at radius 1 is 1.06 bits per heavy atom. The van der Waals surface area contributed by atoms with Crippen LogP contribution in [0.4, 0.5) is 0 Å². The quantitative estimate of drug-likeness (QED) is 0.867. The lowest BCUT2D eigenvalue weighted by Crippen LogP contribution is -2.14. The van der Waals surface area contributed by atoms with Crippen LogP contribution in [-0.2, 0) is 13.1 Å². The molecule has 0 radical (unpaired) electrons. The van der Waals surface area contributed by atoms with Gasteiger partial charge in [0, 0.05) is 19.3 Å². The second-order valence-electron chi connectivity index (χ2n) is 4.35.